The van der Waals surface area contributed by atoms with E-state index in [9.17, 15) is 0 Å². The fourth-order valence-corrected chi connectivity index (χ4v) is 2.31. The van der Waals surface area contributed by atoms with Crippen LogP contribution in [0.4, 0.5) is 0 Å². The summed E-state index contributed by atoms with van der Waals surface area (Å²) >= 11 is 13.0. The van der Waals surface area contributed by atoms with Crippen LogP contribution in [0.5, 0.6) is 0 Å². The fourth-order valence-electron chi connectivity index (χ4n) is 1.45. The highest BCUT2D eigenvalue weighted by atomic mass is 35.5. The van der Waals surface area contributed by atoms with E-state index in [1.807, 2.05) is 30.0 Å². The Morgan fingerprint density at radius 2 is 2.24 bits per heavy atom. The molecular formula is C12H17ClN2S2. The number of nitrogens with two attached hydrogens (primary N) is 1. The lowest BCUT2D eigenvalue weighted by Crippen LogP contribution is -2.21. The Kier molecular flexibility index (Phi) is 6.27. The van der Waals surface area contributed by atoms with Gasteiger partial charge in [0.1, 0.15) is 4.99 Å². The van der Waals surface area contributed by atoms with Gasteiger partial charge in [-0.15, -0.1) is 0 Å². The molecule has 94 valence electrons. The summed E-state index contributed by atoms with van der Waals surface area (Å²) in [7, 11) is 2.09. The molecule has 0 atom stereocenters. The molecule has 0 spiro atoms. The number of thiocarbonyl (C=S) groups is 1. The van der Waals surface area contributed by atoms with Crippen LogP contribution < -0.4 is 5.73 Å². The monoisotopic (exact) mass is 288 g/mol. The number of rotatable bonds is 6. The highest BCUT2D eigenvalue weighted by Gasteiger charge is 2.06. The van der Waals surface area contributed by atoms with Crippen LogP contribution in [-0.2, 0) is 6.54 Å². The van der Waals surface area contributed by atoms with E-state index in [2.05, 4.69) is 18.2 Å². The van der Waals surface area contributed by atoms with E-state index in [0.29, 0.717) is 4.99 Å². The Balaban J connectivity index is 2.69. The first-order chi connectivity index (χ1) is 8.04. The van der Waals surface area contributed by atoms with Crippen molar-refractivity contribution in [3.8, 4) is 0 Å². The Hall–Kier alpha value is -0.290. The van der Waals surface area contributed by atoms with E-state index in [1.165, 1.54) is 0 Å². The van der Waals surface area contributed by atoms with Crippen LogP contribution in [0.15, 0.2) is 18.2 Å². The first kappa shape index (κ1) is 14.8. The highest BCUT2D eigenvalue weighted by Crippen LogP contribution is 2.19. The number of benzene rings is 1. The topological polar surface area (TPSA) is 29.3 Å². The molecule has 0 radical (unpaired) electrons. The van der Waals surface area contributed by atoms with Gasteiger partial charge >= 0.3 is 0 Å². The number of halogens is 1. The van der Waals surface area contributed by atoms with Gasteiger partial charge in [0.05, 0.1) is 0 Å². The van der Waals surface area contributed by atoms with E-state index in [1.54, 1.807) is 0 Å². The van der Waals surface area contributed by atoms with Crippen LogP contribution in [0.25, 0.3) is 0 Å². The van der Waals surface area contributed by atoms with Crippen LogP contribution >= 0.6 is 35.6 Å². The van der Waals surface area contributed by atoms with Crippen LogP contribution in [0.3, 0.4) is 0 Å². The minimum atomic E-state index is 0.384. The maximum absolute atomic E-state index is 6.20. The minimum Gasteiger partial charge on any atom is -0.389 e. The quantitative estimate of drug-likeness (QED) is 0.815. The van der Waals surface area contributed by atoms with Crippen molar-refractivity contribution >= 4 is 40.6 Å². The smallest absolute Gasteiger partial charge is 0.104 e. The second kappa shape index (κ2) is 7.21. The van der Waals surface area contributed by atoms with Gasteiger partial charge in [-0.25, -0.2) is 0 Å². The lowest BCUT2D eigenvalue weighted by Gasteiger charge is -2.17. The van der Waals surface area contributed by atoms with E-state index in [4.69, 9.17) is 29.6 Å². The summed E-state index contributed by atoms with van der Waals surface area (Å²) in [5.74, 6) is 1.12. The molecule has 5 heteroatoms. The molecule has 0 aliphatic heterocycles. The fraction of sp³-hybridized carbons (Fsp3) is 0.417. The van der Waals surface area contributed by atoms with Gasteiger partial charge < -0.3 is 10.6 Å². The summed E-state index contributed by atoms with van der Waals surface area (Å²) in [6.45, 7) is 1.89. The molecule has 0 aromatic heterocycles. The van der Waals surface area contributed by atoms with Crippen molar-refractivity contribution in [1.82, 2.24) is 4.90 Å². The normalized spacial score (nSPS) is 10.8. The summed E-state index contributed by atoms with van der Waals surface area (Å²) in [5, 5.41) is 0.728. The van der Waals surface area contributed by atoms with Crippen molar-refractivity contribution in [3.63, 3.8) is 0 Å². The largest absolute Gasteiger partial charge is 0.389 e. The molecule has 1 rings (SSSR count). The second-order valence-corrected chi connectivity index (χ2v) is 5.73. The van der Waals surface area contributed by atoms with Crippen molar-refractivity contribution < 1.29 is 0 Å². The van der Waals surface area contributed by atoms with E-state index in [-0.39, 0.29) is 0 Å². The molecule has 0 heterocycles. The molecule has 17 heavy (non-hydrogen) atoms. The molecule has 0 saturated carbocycles. The third kappa shape index (κ3) is 4.84. The molecule has 0 bridgehead atoms. The summed E-state index contributed by atoms with van der Waals surface area (Å²) in [6.07, 6.45) is 2.11. The Morgan fingerprint density at radius 1 is 1.53 bits per heavy atom. The maximum atomic E-state index is 6.20. The number of hydrogen-bond donors (Lipinski definition) is 1. The zero-order chi connectivity index (χ0) is 12.8. The average Bonchev–Trinajstić information content (AvgIpc) is 2.28. The molecular weight excluding hydrogens is 272 g/mol. The molecule has 0 amide bonds. The van der Waals surface area contributed by atoms with Crippen molar-refractivity contribution in [2.24, 2.45) is 5.73 Å². The van der Waals surface area contributed by atoms with Gasteiger partial charge in [-0.3, -0.25) is 0 Å². The molecule has 0 aliphatic carbocycles. The van der Waals surface area contributed by atoms with Gasteiger partial charge in [-0.1, -0.05) is 36.0 Å². The Bertz CT molecular complexity index is 396. The summed E-state index contributed by atoms with van der Waals surface area (Å²) in [5.41, 5.74) is 7.49. The zero-order valence-electron chi connectivity index (χ0n) is 10.1. The lowest BCUT2D eigenvalue weighted by molar-refractivity contribution is 0.349. The molecule has 2 nitrogen and oxygen atoms in total. The molecule has 1 aromatic rings. The van der Waals surface area contributed by atoms with Crippen LogP contribution in [-0.4, -0.2) is 35.5 Å². The Morgan fingerprint density at radius 3 is 2.76 bits per heavy atom. The first-order valence-corrected chi connectivity index (χ1v) is 7.48. The molecule has 1 aromatic carbocycles. The van der Waals surface area contributed by atoms with Gasteiger partial charge in [-0.05, 0) is 24.9 Å². The van der Waals surface area contributed by atoms with E-state index < -0.39 is 0 Å². The summed E-state index contributed by atoms with van der Waals surface area (Å²) < 4.78 is 0. The minimum absolute atomic E-state index is 0.384. The maximum Gasteiger partial charge on any atom is 0.104 e. The predicted octanol–water partition coefficient (Wildman–Crippen LogP) is 2.77. The summed E-state index contributed by atoms with van der Waals surface area (Å²) in [6, 6.07) is 5.75. The Labute approximate surface area is 118 Å². The third-order valence-corrected chi connectivity index (χ3v) is 3.63. The van der Waals surface area contributed by atoms with Gasteiger partial charge in [0.15, 0.2) is 0 Å². The van der Waals surface area contributed by atoms with Crippen LogP contribution in [0.1, 0.15) is 11.1 Å². The number of nitrogens with zero attached hydrogens (tertiary/aromatic N) is 1. The van der Waals surface area contributed by atoms with Gasteiger partial charge in [0, 0.05) is 29.4 Å². The van der Waals surface area contributed by atoms with Crippen molar-refractivity contribution in [1.29, 1.82) is 0 Å². The van der Waals surface area contributed by atoms with Crippen LogP contribution in [0.2, 0.25) is 5.02 Å². The van der Waals surface area contributed by atoms with Crippen molar-refractivity contribution in [2.75, 3.05) is 25.6 Å². The third-order valence-electron chi connectivity index (χ3n) is 2.45. The average molecular weight is 289 g/mol. The van der Waals surface area contributed by atoms with Gasteiger partial charge in [0.25, 0.3) is 0 Å². The van der Waals surface area contributed by atoms with E-state index >= 15 is 0 Å². The van der Waals surface area contributed by atoms with Gasteiger partial charge in [-0.2, -0.15) is 11.8 Å². The van der Waals surface area contributed by atoms with Crippen LogP contribution in [0, 0.1) is 0 Å². The molecule has 0 unspecified atom stereocenters. The zero-order valence-corrected chi connectivity index (χ0v) is 12.5. The molecule has 2 N–H and O–H groups in total. The first-order valence-electron chi connectivity index (χ1n) is 5.30. The van der Waals surface area contributed by atoms with Crippen molar-refractivity contribution in [2.45, 2.75) is 6.54 Å². The lowest BCUT2D eigenvalue weighted by atomic mass is 10.1. The molecule has 0 aliphatic rings. The SMILES string of the molecule is CSCCN(C)Cc1ccc(C(N)=S)cc1Cl. The van der Waals surface area contributed by atoms with E-state index in [0.717, 1.165) is 35.0 Å². The standard InChI is InChI=1S/C12H17ClN2S2/c1-15(5-6-17-2)8-10-4-3-9(12(14)16)7-11(10)13/h3-4,7H,5-6,8H2,1-2H3,(H2,14,16). The predicted molar refractivity (Wildman–Crippen MR) is 82.1 cm³/mol. The number of thioether (sulfide) groups is 1. The van der Waals surface area contributed by atoms with Crippen molar-refractivity contribution in [3.05, 3.63) is 34.3 Å². The second-order valence-electron chi connectivity index (χ2n) is 3.90. The molecule has 0 saturated heterocycles. The van der Waals surface area contributed by atoms with Gasteiger partial charge in [0.2, 0.25) is 0 Å². The summed E-state index contributed by atoms with van der Waals surface area (Å²) in [4.78, 5) is 2.63. The highest BCUT2D eigenvalue weighted by molar-refractivity contribution is 7.98. The molecule has 0 fully saturated rings. The number of hydrogen-bond acceptors (Lipinski definition) is 3.